The van der Waals surface area contributed by atoms with Gasteiger partial charge in [-0.1, -0.05) is 127 Å². The molecule has 0 saturated carbocycles. The number of hydrogen-bond donors (Lipinski definition) is 0. The van der Waals surface area contributed by atoms with E-state index in [0.29, 0.717) is 0 Å². The molecule has 9 aromatic rings. The Morgan fingerprint density at radius 2 is 0.549 bits per heavy atom. The highest BCUT2D eigenvalue weighted by molar-refractivity contribution is 5.90. The number of fused-ring (bicyclic) bond motifs is 2. The number of anilines is 3. The van der Waals surface area contributed by atoms with Crippen molar-refractivity contribution in [3.8, 4) is 45.0 Å². The second kappa shape index (κ2) is 13.1. The van der Waals surface area contributed by atoms with Crippen molar-refractivity contribution in [3.63, 3.8) is 0 Å². The van der Waals surface area contributed by atoms with Crippen LogP contribution in [0, 0.1) is 0 Å². The molecule has 0 aliphatic rings. The zero-order chi connectivity index (χ0) is 34.0. The first kappa shape index (κ1) is 30.1. The van der Waals surface area contributed by atoms with Crippen molar-refractivity contribution in [2.24, 2.45) is 0 Å². The molecule has 0 N–H and O–H groups in total. The molecule has 0 amide bonds. The Hall–Kier alpha value is -6.98. The van der Waals surface area contributed by atoms with E-state index in [1.54, 1.807) is 0 Å². The van der Waals surface area contributed by atoms with Gasteiger partial charge in [0, 0.05) is 39.3 Å². The molecule has 2 aromatic heterocycles. The summed E-state index contributed by atoms with van der Waals surface area (Å²) in [7, 11) is 0. The topological polar surface area (TPSA) is 54.8 Å². The van der Waals surface area contributed by atoms with Gasteiger partial charge in [0.05, 0.1) is 44.8 Å². The second-order valence-electron chi connectivity index (χ2n) is 12.3. The Bertz CT molecular complexity index is 2470. The lowest BCUT2D eigenvalue weighted by Crippen LogP contribution is -2.10. The number of aromatic nitrogens is 4. The van der Waals surface area contributed by atoms with E-state index >= 15 is 0 Å². The summed E-state index contributed by atoms with van der Waals surface area (Å²) in [5.41, 5.74) is 13.9. The molecule has 5 nitrogen and oxygen atoms in total. The standard InChI is InChI=1S/C46H31N5/c1-4-16-32(17-5-1)43-45(49-41-28-12-10-26-39(41)47-43)34-20-14-24-37(30-34)51(36-22-8-3-9-23-36)38-25-15-21-35(31-38)46-44(33-18-6-2-7-19-33)48-40-27-11-13-29-42(40)50-46/h1-31H. The molecule has 51 heavy (non-hydrogen) atoms. The molecule has 7 aromatic carbocycles. The van der Waals surface area contributed by atoms with E-state index in [4.69, 9.17) is 19.9 Å². The summed E-state index contributed by atoms with van der Waals surface area (Å²) >= 11 is 0. The molecule has 0 saturated heterocycles. The van der Waals surface area contributed by atoms with Crippen molar-refractivity contribution in [3.05, 3.63) is 188 Å². The highest BCUT2D eigenvalue weighted by Gasteiger charge is 2.19. The van der Waals surface area contributed by atoms with Crippen molar-refractivity contribution in [1.82, 2.24) is 19.9 Å². The molecule has 0 radical (unpaired) electrons. The zero-order valence-electron chi connectivity index (χ0n) is 27.6. The summed E-state index contributed by atoms with van der Waals surface area (Å²) in [6.45, 7) is 0. The second-order valence-corrected chi connectivity index (χ2v) is 12.3. The van der Waals surface area contributed by atoms with Crippen molar-refractivity contribution >= 4 is 39.1 Å². The number of nitrogens with zero attached hydrogens (tertiary/aromatic N) is 5. The third-order valence-electron chi connectivity index (χ3n) is 9.01. The Morgan fingerprint density at radius 1 is 0.255 bits per heavy atom. The summed E-state index contributed by atoms with van der Waals surface area (Å²) in [5, 5.41) is 0. The molecule has 0 unspecified atom stereocenters. The molecule has 9 rings (SSSR count). The van der Waals surface area contributed by atoms with Crippen LogP contribution in [0.3, 0.4) is 0 Å². The molecular formula is C46H31N5. The molecule has 2 heterocycles. The van der Waals surface area contributed by atoms with Crippen molar-refractivity contribution < 1.29 is 0 Å². The maximum atomic E-state index is 5.19. The van der Waals surface area contributed by atoms with Gasteiger partial charge in [0.1, 0.15) is 0 Å². The predicted octanol–water partition coefficient (Wildman–Crippen LogP) is 11.7. The van der Waals surface area contributed by atoms with E-state index in [-0.39, 0.29) is 0 Å². The van der Waals surface area contributed by atoms with E-state index in [1.165, 1.54) is 0 Å². The molecule has 0 aliphatic heterocycles. The number of benzene rings is 7. The maximum absolute atomic E-state index is 5.19. The fourth-order valence-corrected chi connectivity index (χ4v) is 6.61. The van der Waals surface area contributed by atoms with Gasteiger partial charge < -0.3 is 4.90 Å². The van der Waals surface area contributed by atoms with E-state index in [9.17, 15) is 0 Å². The fourth-order valence-electron chi connectivity index (χ4n) is 6.61. The van der Waals surface area contributed by atoms with Crippen LogP contribution in [0.4, 0.5) is 17.1 Å². The first-order valence-electron chi connectivity index (χ1n) is 17.0. The van der Waals surface area contributed by atoms with Crippen LogP contribution in [-0.2, 0) is 0 Å². The Morgan fingerprint density at radius 3 is 0.941 bits per heavy atom. The first-order valence-corrected chi connectivity index (χ1v) is 17.0. The van der Waals surface area contributed by atoms with E-state index < -0.39 is 0 Å². The number of rotatable bonds is 7. The first-order chi connectivity index (χ1) is 25.3. The average Bonchev–Trinajstić information content (AvgIpc) is 3.21. The normalized spacial score (nSPS) is 11.1. The van der Waals surface area contributed by atoms with Gasteiger partial charge in [-0.3, -0.25) is 0 Å². The molecule has 0 aliphatic carbocycles. The van der Waals surface area contributed by atoms with Crippen LogP contribution >= 0.6 is 0 Å². The third kappa shape index (κ3) is 5.87. The van der Waals surface area contributed by atoms with Crippen LogP contribution in [0.2, 0.25) is 0 Å². The summed E-state index contributed by atoms with van der Waals surface area (Å²) in [4.78, 5) is 22.9. The van der Waals surface area contributed by atoms with Gasteiger partial charge in [-0.15, -0.1) is 0 Å². The van der Waals surface area contributed by atoms with Gasteiger partial charge >= 0.3 is 0 Å². The molecule has 240 valence electrons. The van der Waals surface area contributed by atoms with Gasteiger partial charge in [-0.05, 0) is 60.7 Å². The average molecular weight is 654 g/mol. The van der Waals surface area contributed by atoms with Gasteiger partial charge in [0.15, 0.2) is 0 Å². The van der Waals surface area contributed by atoms with Gasteiger partial charge in [-0.2, -0.15) is 0 Å². The van der Waals surface area contributed by atoms with E-state index in [0.717, 1.165) is 84.2 Å². The minimum absolute atomic E-state index is 0.836. The minimum atomic E-state index is 0.836. The van der Waals surface area contributed by atoms with E-state index in [2.05, 4.69) is 102 Å². The quantitative estimate of drug-likeness (QED) is 0.171. The van der Waals surface area contributed by atoms with Crippen molar-refractivity contribution in [1.29, 1.82) is 0 Å². The van der Waals surface area contributed by atoms with Gasteiger partial charge in [-0.25, -0.2) is 19.9 Å². The Kier molecular flexibility index (Phi) is 7.76. The lowest BCUT2D eigenvalue weighted by atomic mass is 10.0. The van der Waals surface area contributed by atoms with Crippen LogP contribution in [0.1, 0.15) is 0 Å². The van der Waals surface area contributed by atoms with Crippen molar-refractivity contribution in [2.75, 3.05) is 4.90 Å². The van der Waals surface area contributed by atoms with Gasteiger partial charge in [0.25, 0.3) is 0 Å². The van der Waals surface area contributed by atoms with Crippen LogP contribution in [0.5, 0.6) is 0 Å². The molecule has 5 heteroatoms. The van der Waals surface area contributed by atoms with E-state index in [1.807, 2.05) is 91.0 Å². The maximum Gasteiger partial charge on any atom is 0.0973 e. The number of hydrogen-bond acceptors (Lipinski definition) is 5. The van der Waals surface area contributed by atoms with Crippen LogP contribution in [0.15, 0.2) is 188 Å². The van der Waals surface area contributed by atoms with Gasteiger partial charge in [0.2, 0.25) is 0 Å². The molecule has 0 fully saturated rings. The lowest BCUT2D eigenvalue weighted by Gasteiger charge is -2.26. The Labute approximate surface area is 296 Å². The molecule has 0 spiro atoms. The van der Waals surface area contributed by atoms with Crippen LogP contribution < -0.4 is 4.90 Å². The van der Waals surface area contributed by atoms with Crippen molar-refractivity contribution in [2.45, 2.75) is 0 Å². The summed E-state index contributed by atoms with van der Waals surface area (Å²) in [5.74, 6) is 0. The van der Waals surface area contributed by atoms with Crippen LogP contribution in [-0.4, -0.2) is 19.9 Å². The molecule has 0 atom stereocenters. The van der Waals surface area contributed by atoms with Crippen LogP contribution in [0.25, 0.3) is 67.1 Å². The molecular weight excluding hydrogens is 623 g/mol. The third-order valence-corrected chi connectivity index (χ3v) is 9.01. The zero-order valence-corrected chi connectivity index (χ0v) is 27.6. The highest BCUT2D eigenvalue weighted by atomic mass is 15.1. The Balaban J connectivity index is 1.21. The lowest BCUT2D eigenvalue weighted by molar-refractivity contribution is 1.26. The number of para-hydroxylation sites is 5. The largest absolute Gasteiger partial charge is 0.310 e. The minimum Gasteiger partial charge on any atom is -0.310 e. The molecule has 0 bridgehead atoms. The fraction of sp³-hybridized carbons (Fsp3) is 0. The SMILES string of the molecule is c1ccc(-c2nc3ccccc3nc2-c2cccc(N(c3ccccc3)c3cccc(-c4nc5ccccc5nc4-c4ccccc4)c3)c2)cc1. The monoisotopic (exact) mass is 653 g/mol. The summed E-state index contributed by atoms with van der Waals surface area (Å²) < 4.78 is 0. The predicted molar refractivity (Wildman–Crippen MR) is 209 cm³/mol. The summed E-state index contributed by atoms with van der Waals surface area (Å²) in [6.07, 6.45) is 0. The highest BCUT2D eigenvalue weighted by Crippen LogP contribution is 2.40. The smallest absolute Gasteiger partial charge is 0.0973 e. The summed E-state index contributed by atoms with van der Waals surface area (Å²) in [6, 6.07) is 64.2.